The van der Waals surface area contributed by atoms with Crippen molar-refractivity contribution in [2.75, 3.05) is 19.6 Å². The summed E-state index contributed by atoms with van der Waals surface area (Å²) in [6.45, 7) is 6.75. The Morgan fingerprint density at radius 1 is 1.36 bits per heavy atom. The van der Waals surface area contributed by atoms with Crippen LogP contribution in [0, 0.1) is 19.8 Å². The molecule has 2 aromatic rings. The minimum atomic E-state index is 0.0123. The van der Waals surface area contributed by atoms with E-state index in [1.807, 2.05) is 44.2 Å². The van der Waals surface area contributed by atoms with Gasteiger partial charge in [0.25, 0.3) is 5.91 Å². The van der Waals surface area contributed by atoms with Crippen LogP contribution in [0.5, 0.6) is 0 Å². The van der Waals surface area contributed by atoms with Crippen molar-refractivity contribution < 1.29 is 4.79 Å². The number of hydrogen-bond donors (Lipinski definition) is 2. The van der Waals surface area contributed by atoms with Crippen molar-refractivity contribution in [3.8, 4) is 5.69 Å². The van der Waals surface area contributed by atoms with Gasteiger partial charge in [0.05, 0.1) is 11.3 Å². The average molecular weight is 362 g/mol. The lowest BCUT2D eigenvalue weighted by atomic mass is 10.0. The summed E-state index contributed by atoms with van der Waals surface area (Å²) in [6, 6.07) is 10.0. The second-order valence-corrected chi connectivity index (χ2v) is 6.66. The Hall–Kier alpha value is -1.59. The van der Waals surface area contributed by atoms with E-state index < -0.39 is 0 Å². The standard InChI is InChI=1S/C17H20BrN3O/c1-11-7-14(17(22)20-10-13-8-19-9-13)12(2)21(11)16-6-4-3-5-15(16)18/h3-7,13,19H,8-10H2,1-2H3,(H,20,22). The monoisotopic (exact) mass is 361 g/mol. The lowest BCUT2D eigenvalue weighted by molar-refractivity contribution is 0.0941. The fraction of sp³-hybridized carbons (Fsp3) is 0.353. The van der Waals surface area contributed by atoms with Crippen molar-refractivity contribution in [1.82, 2.24) is 15.2 Å². The third-order valence-electron chi connectivity index (χ3n) is 4.19. The Morgan fingerprint density at radius 3 is 2.73 bits per heavy atom. The first-order valence-electron chi connectivity index (χ1n) is 7.50. The third-order valence-corrected chi connectivity index (χ3v) is 4.86. The van der Waals surface area contributed by atoms with Crippen molar-refractivity contribution in [1.29, 1.82) is 0 Å². The van der Waals surface area contributed by atoms with Gasteiger partial charge in [0.1, 0.15) is 0 Å². The predicted molar refractivity (Wildman–Crippen MR) is 91.6 cm³/mol. The molecule has 1 aromatic carbocycles. The summed E-state index contributed by atoms with van der Waals surface area (Å²) in [7, 11) is 0. The van der Waals surface area contributed by atoms with Crippen molar-refractivity contribution >= 4 is 21.8 Å². The van der Waals surface area contributed by atoms with E-state index in [0.717, 1.165) is 46.7 Å². The van der Waals surface area contributed by atoms with Crippen molar-refractivity contribution in [3.05, 3.63) is 51.8 Å². The van der Waals surface area contributed by atoms with Gasteiger partial charge in [0.2, 0.25) is 0 Å². The van der Waals surface area contributed by atoms with Crippen LogP contribution in [0.1, 0.15) is 21.7 Å². The topological polar surface area (TPSA) is 46.1 Å². The van der Waals surface area contributed by atoms with Crippen LogP contribution in [0.3, 0.4) is 0 Å². The molecule has 1 amide bonds. The first-order chi connectivity index (χ1) is 10.6. The quantitative estimate of drug-likeness (QED) is 0.879. The summed E-state index contributed by atoms with van der Waals surface area (Å²) in [5.74, 6) is 0.578. The molecule has 4 nitrogen and oxygen atoms in total. The molecule has 1 aliphatic heterocycles. The number of aryl methyl sites for hydroxylation is 1. The van der Waals surface area contributed by atoms with Crippen LogP contribution in [-0.2, 0) is 0 Å². The molecule has 0 saturated carbocycles. The highest BCUT2D eigenvalue weighted by atomic mass is 79.9. The molecule has 116 valence electrons. The van der Waals surface area contributed by atoms with Crippen molar-refractivity contribution in [2.45, 2.75) is 13.8 Å². The van der Waals surface area contributed by atoms with Crippen molar-refractivity contribution in [3.63, 3.8) is 0 Å². The number of benzene rings is 1. The molecule has 0 radical (unpaired) electrons. The first-order valence-corrected chi connectivity index (χ1v) is 8.30. The van der Waals surface area contributed by atoms with Crippen LogP contribution in [-0.4, -0.2) is 30.1 Å². The number of hydrogen-bond acceptors (Lipinski definition) is 2. The highest BCUT2D eigenvalue weighted by Gasteiger charge is 2.20. The third kappa shape index (κ3) is 2.83. The number of halogens is 1. The molecule has 0 aliphatic carbocycles. The van der Waals surface area contributed by atoms with Gasteiger partial charge in [-0.2, -0.15) is 0 Å². The number of amides is 1. The van der Waals surface area contributed by atoms with E-state index in [-0.39, 0.29) is 5.91 Å². The highest BCUT2D eigenvalue weighted by Crippen LogP contribution is 2.26. The summed E-state index contributed by atoms with van der Waals surface area (Å²) < 4.78 is 3.13. The number of rotatable bonds is 4. The Balaban J connectivity index is 1.86. The van der Waals surface area contributed by atoms with Crippen LogP contribution in [0.2, 0.25) is 0 Å². The van der Waals surface area contributed by atoms with Crippen LogP contribution in [0.25, 0.3) is 5.69 Å². The molecule has 1 saturated heterocycles. The Morgan fingerprint density at radius 2 is 2.09 bits per heavy atom. The molecule has 1 aliphatic rings. The zero-order valence-electron chi connectivity index (χ0n) is 12.8. The van der Waals surface area contributed by atoms with Gasteiger partial charge in [0.15, 0.2) is 0 Å². The number of carbonyl (C=O) groups excluding carboxylic acids is 1. The molecule has 2 heterocycles. The van der Waals surface area contributed by atoms with Crippen LogP contribution >= 0.6 is 15.9 Å². The van der Waals surface area contributed by atoms with Crippen molar-refractivity contribution in [2.24, 2.45) is 5.92 Å². The molecule has 0 spiro atoms. The fourth-order valence-electron chi connectivity index (χ4n) is 2.82. The molecule has 5 heteroatoms. The molecule has 2 N–H and O–H groups in total. The summed E-state index contributed by atoms with van der Waals surface area (Å²) in [5.41, 5.74) is 3.83. The Kier molecular flexibility index (Phi) is 4.36. The van der Waals surface area contributed by atoms with Gasteiger partial charge < -0.3 is 15.2 Å². The molecule has 3 rings (SSSR count). The fourth-order valence-corrected chi connectivity index (χ4v) is 3.28. The lowest BCUT2D eigenvalue weighted by Crippen LogP contribution is -2.48. The summed E-state index contributed by atoms with van der Waals surface area (Å²) in [5, 5.41) is 6.26. The Labute approximate surface area is 139 Å². The summed E-state index contributed by atoms with van der Waals surface area (Å²) in [6.07, 6.45) is 0. The zero-order valence-corrected chi connectivity index (χ0v) is 14.4. The first kappa shape index (κ1) is 15.3. The van der Waals surface area contributed by atoms with Gasteiger partial charge in [-0.15, -0.1) is 0 Å². The average Bonchev–Trinajstić information content (AvgIpc) is 2.73. The van der Waals surface area contributed by atoms with E-state index in [2.05, 4.69) is 31.1 Å². The number of para-hydroxylation sites is 1. The van der Waals surface area contributed by atoms with Crippen LogP contribution < -0.4 is 10.6 Å². The Bertz CT molecular complexity index is 704. The van der Waals surface area contributed by atoms with E-state index in [1.54, 1.807) is 0 Å². The zero-order chi connectivity index (χ0) is 15.7. The van der Waals surface area contributed by atoms with E-state index in [4.69, 9.17) is 0 Å². The SMILES string of the molecule is Cc1cc(C(=O)NCC2CNC2)c(C)n1-c1ccccc1Br. The molecule has 1 fully saturated rings. The van der Waals surface area contributed by atoms with Crippen LogP contribution in [0.4, 0.5) is 0 Å². The number of nitrogens with zero attached hydrogens (tertiary/aromatic N) is 1. The molecular weight excluding hydrogens is 342 g/mol. The second kappa shape index (κ2) is 6.26. The van der Waals surface area contributed by atoms with E-state index in [1.165, 1.54) is 0 Å². The number of carbonyl (C=O) groups is 1. The van der Waals surface area contributed by atoms with Crippen LogP contribution in [0.15, 0.2) is 34.8 Å². The maximum Gasteiger partial charge on any atom is 0.253 e. The van der Waals surface area contributed by atoms with E-state index in [0.29, 0.717) is 5.92 Å². The summed E-state index contributed by atoms with van der Waals surface area (Å²) in [4.78, 5) is 12.4. The van der Waals surface area contributed by atoms with E-state index in [9.17, 15) is 4.79 Å². The molecule has 1 aromatic heterocycles. The second-order valence-electron chi connectivity index (χ2n) is 5.81. The molecular formula is C17H20BrN3O. The minimum Gasteiger partial charge on any atom is -0.352 e. The molecule has 0 atom stereocenters. The summed E-state index contributed by atoms with van der Waals surface area (Å²) >= 11 is 3.59. The van der Waals surface area contributed by atoms with Gasteiger partial charge >= 0.3 is 0 Å². The smallest absolute Gasteiger partial charge is 0.253 e. The maximum atomic E-state index is 12.4. The lowest BCUT2D eigenvalue weighted by Gasteiger charge is -2.27. The van der Waals surface area contributed by atoms with Gasteiger partial charge in [-0.1, -0.05) is 12.1 Å². The van der Waals surface area contributed by atoms with Gasteiger partial charge in [-0.05, 0) is 48.0 Å². The number of nitrogens with one attached hydrogen (secondary N) is 2. The van der Waals surface area contributed by atoms with Gasteiger partial charge in [0, 0.05) is 41.4 Å². The molecule has 22 heavy (non-hydrogen) atoms. The van der Waals surface area contributed by atoms with Gasteiger partial charge in [-0.3, -0.25) is 4.79 Å². The maximum absolute atomic E-state index is 12.4. The predicted octanol–water partition coefficient (Wildman–Crippen LogP) is 2.81. The van der Waals surface area contributed by atoms with E-state index >= 15 is 0 Å². The molecule has 0 unspecified atom stereocenters. The van der Waals surface area contributed by atoms with Gasteiger partial charge in [-0.25, -0.2) is 0 Å². The minimum absolute atomic E-state index is 0.0123. The largest absolute Gasteiger partial charge is 0.352 e. The highest BCUT2D eigenvalue weighted by molar-refractivity contribution is 9.10. The normalized spacial score (nSPS) is 14.7. The molecule has 0 bridgehead atoms. The number of aromatic nitrogens is 1.